The lowest BCUT2D eigenvalue weighted by Gasteiger charge is -2.08. The van der Waals surface area contributed by atoms with Gasteiger partial charge in [-0.25, -0.2) is 0 Å². The lowest BCUT2D eigenvalue weighted by molar-refractivity contribution is 0.0952. The minimum Gasteiger partial charge on any atom is -0.352 e. The molecule has 1 aromatic carbocycles. The summed E-state index contributed by atoms with van der Waals surface area (Å²) in [7, 11) is -3.96. The number of benzene rings is 1. The molecule has 0 saturated carbocycles. The van der Waals surface area contributed by atoms with Gasteiger partial charge < -0.3 is 5.32 Å². The molecule has 0 aliphatic carbocycles. The Balaban J connectivity index is 2.64. The number of halogens is 3. The Morgan fingerprint density at radius 1 is 1.26 bits per heavy atom. The Kier molecular flexibility index (Phi) is 7.23. The zero-order valence-corrected chi connectivity index (χ0v) is 16.8. The van der Waals surface area contributed by atoms with Crippen LogP contribution in [0, 0.1) is 10.7 Å². The van der Waals surface area contributed by atoms with E-state index >= 15 is 0 Å². The quantitative estimate of drug-likeness (QED) is 0.230. The molecule has 1 amide bonds. The second-order valence-corrected chi connectivity index (χ2v) is 8.70. The third kappa shape index (κ3) is 6.39. The lowest BCUT2D eigenvalue weighted by Crippen LogP contribution is -2.27. The van der Waals surface area contributed by atoms with Gasteiger partial charge in [-0.2, -0.15) is 8.42 Å². The summed E-state index contributed by atoms with van der Waals surface area (Å²) in [5, 5.41) is 2.64. The fourth-order valence-electron chi connectivity index (χ4n) is 1.27. The van der Waals surface area contributed by atoms with Crippen molar-refractivity contribution in [1.29, 1.82) is 0 Å². The molecule has 0 aliphatic rings. The van der Waals surface area contributed by atoms with Gasteiger partial charge in [-0.15, -0.1) is 0 Å². The maximum atomic E-state index is 12.0. The van der Waals surface area contributed by atoms with Crippen LogP contribution in [0.25, 0.3) is 0 Å². The second-order valence-electron chi connectivity index (χ2n) is 3.64. The molecule has 0 fully saturated rings. The number of nitrogens with one attached hydrogen (secondary N) is 1. The van der Waals surface area contributed by atoms with Gasteiger partial charge in [0.25, 0.3) is 16.0 Å². The molecule has 0 bridgehead atoms. The molecule has 9 heteroatoms. The van der Waals surface area contributed by atoms with Gasteiger partial charge in [0, 0.05) is 17.3 Å². The Morgan fingerprint density at radius 2 is 1.89 bits per heavy atom. The number of carbonyl (C=O) groups is 1. The van der Waals surface area contributed by atoms with Gasteiger partial charge in [0.05, 0.1) is 11.3 Å². The summed E-state index contributed by atoms with van der Waals surface area (Å²) in [6, 6.07) is 3.75. The minimum absolute atomic E-state index is 0.183. The number of rotatable bonds is 5. The summed E-state index contributed by atoms with van der Waals surface area (Å²) in [5.74, 6) is -0.593. The van der Waals surface area contributed by atoms with Crippen LogP contribution in [0.15, 0.2) is 12.1 Å². The van der Waals surface area contributed by atoms with Crippen LogP contribution in [0.1, 0.15) is 16.8 Å². The molecule has 0 heterocycles. The molecular formula is C10H10I3NO4S. The molecule has 1 aromatic rings. The predicted octanol–water partition coefficient (Wildman–Crippen LogP) is 2.51. The monoisotopic (exact) mass is 621 g/mol. The van der Waals surface area contributed by atoms with Crippen molar-refractivity contribution in [1.82, 2.24) is 5.32 Å². The van der Waals surface area contributed by atoms with E-state index in [1.165, 1.54) is 0 Å². The van der Waals surface area contributed by atoms with E-state index < -0.39 is 10.1 Å². The van der Waals surface area contributed by atoms with E-state index in [0.717, 1.165) is 10.7 Å². The van der Waals surface area contributed by atoms with E-state index in [-0.39, 0.29) is 24.6 Å². The van der Waals surface area contributed by atoms with Gasteiger partial charge in [0.15, 0.2) is 0 Å². The number of amides is 1. The number of hydrogen-bond donors (Lipinski definition) is 2. The van der Waals surface area contributed by atoms with Crippen molar-refractivity contribution in [3.8, 4) is 0 Å². The van der Waals surface area contributed by atoms with E-state index in [1.54, 1.807) is 6.07 Å². The van der Waals surface area contributed by atoms with Gasteiger partial charge in [-0.05, 0) is 86.3 Å². The summed E-state index contributed by atoms with van der Waals surface area (Å²) in [4.78, 5) is 12.0. The zero-order chi connectivity index (χ0) is 14.6. The van der Waals surface area contributed by atoms with E-state index in [1.807, 2.05) is 6.07 Å². The Morgan fingerprint density at radius 3 is 2.47 bits per heavy atom. The molecule has 0 aliphatic heterocycles. The molecule has 5 nitrogen and oxygen atoms in total. The molecule has 19 heavy (non-hydrogen) atoms. The van der Waals surface area contributed by atoms with Crippen molar-refractivity contribution in [2.45, 2.75) is 6.42 Å². The SMILES string of the molecule is O=C(NCCCS(=O)(=O)O)c1cc(I)cc(I)c1I. The topological polar surface area (TPSA) is 83.5 Å². The summed E-state index contributed by atoms with van der Waals surface area (Å²) in [6.07, 6.45) is 0.183. The van der Waals surface area contributed by atoms with Crippen molar-refractivity contribution in [2.75, 3.05) is 12.3 Å². The van der Waals surface area contributed by atoms with Crippen LogP contribution in [0.5, 0.6) is 0 Å². The zero-order valence-electron chi connectivity index (χ0n) is 9.49. The second kappa shape index (κ2) is 7.70. The third-order valence-corrected chi connectivity index (χ3v) is 6.57. The van der Waals surface area contributed by atoms with E-state index in [0.29, 0.717) is 5.56 Å². The van der Waals surface area contributed by atoms with Crippen molar-refractivity contribution >= 4 is 83.8 Å². The van der Waals surface area contributed by atoms with Crippen molar-refractivity contribution in [3.05, 3.63) is 28.4 Å². The summed E-state index contributed by atoms with van der Waals surface area (Å²) < 4.78 is 32.5. The number of carbonyl (C=O) groups excluding carboxylic acids is 1. The van der Waals surface area contributed by atoms with Crippen LogP contribution >= 0.6 is 67.8 Å². The van der Waals surface area contributed by atoms with E-state index in [9.17, 15) is 13.2 Å². The molecule has 0 atom stereocenters. The fraction of sp³-hybridized carbons (Fsp3) is 0.300. The summed E-state index contributed by atoms with van der Waals surface area (Å²) in [5.41, 5.74) is 0.573. The molecule has 0 spiro atoms. The van der Waals surface area contributed by atoms with Crippen LogP contribution in [-0.4, -0.2) is 31.2 Å². The normalized spacial score (nSPS) is 11.4. The predicted molar refractivity (Wildman–Crippen MR) is 98.0 cm³/mol. The van der Waals surface area contributed by atoms with Gasteiger partial charge in [-0.3, -0.25) is 9.35 Å². The van der Waals surface area contributed by atoms with Gasteiger partial charge >= 0.3 is 0 Å². The largest absolute Gasteiger partial charge is 0.352 e. The first kappa shape index (κ1) is 17.8. The molecule has 0 unspecified atom stereocenters. The van der Waals surface area contributed by atoms with Crippen LogP contribution in [0.3, 0.4) is 0 Å². The van der Waals surface area contributed by atoms with Crippen LogP contribution < -0.4 is 5.32 Å². The average molecular weight is 621 g/mol. The molecule has 106 valence electrons. The van der Waals surface area contributed by atoms with E-state index in [4.69, 9.17) is 4.55 Å². The molecule has 2 N–H and O–H groups in total. The molecule has 0 saturated heterocycles. The van der Waals surface area contributed by atoms with Gasteiger partial charge in [0.2, 0.25) is 0 Å². The molecule has 0 radical (unpaired) electrons. The third-order valence-electron chi connectivity index (χ3n) is 2.10. The highest BCUT2D eigenvalue weighted by atomic mass is 127. The maximum absolute atomic E-state index is 12.0. The van der Waals surface area contributed by atoms with Gasteiger partial charge in [-0.1, -0.05) is 0 Å². The van der Waals surface area contributed by atoms with Gasteiger partial charge in [0.1, 0.15) is 0 Å². The minimum atomic E-state index is -3.96. The standard InChI is InChI=1S/C10H10I3NO4S/c11-6-4-7(9(13)8(12)5-6)10(15)14-2-1-3-19(16,17)18/h4-5H,1-3H2,(H,14,15)(H,16,17,18). The highest BCUT2D eigenvalue weighted by Gasteiger charge is 2.13. The first-order valence-electron chi connectivity index (χ1n) is 5.08. The Bertz CT molecular complexity index is 589. The first-order chi connectivity index (χ1) is 8.70. The maximum Gasteiger partial charge on any atom is 0.264 e. The van der Waals surface area contributed by atoms with Crippen LogP contribution in [-0.2, 0) is 10.1 Å². The lowest BCUT2D eigenvalue weighted by atomic mass is 10.2. The van der Waals surface area contributed by atoms with Crippen LogP contribution in [0.2, 0.25) is 0 Å². The highest BCUT2D eigenvalue weighted by molar-refractivity contribution is 14.1. The fourth-order valence-corrected chi connectivity index (χ4v) is 4.18. The van der Waals surface area contributed by atoms with E-state index in [2.05, 4.69) is 73.1 Å². The number of hydrogen-bond acceptors (Lipinski definition) is 3. The van der Waals surface area contributed by atoms with Crippen LogP contribution in [0.4, 0.5) is 0 Å². The van der Waals surface area contributed by atoms with Crippen molar-refractivity contribution in [2.24, 2.45) is 0 Å². The van der Waals surface area contributed by atoms with Crippen molar-refractivity contribution in [3.63, 3.8) is 0 Å². The smallest absolute Gasteiger partial charge is 0.264 e. The Hall–Kier alpha value is 0.790. The first-order valence-corrected chi connectivity index (χ1v) is 9.93. The summed E-state index contributed by atoms with van der Waals surface area (Å²) >= 11 is 6.40. The molecule has 1 rings (SSSR count). The molecule has 0 aromatic heterocycles. The highest BCUT2D eigenvalue weighted by Crippen LogP contribution is 2.22. The molecular weight excluding hydrogens is 611 g/mol. The Labute approximate surface area is 152 Å². The summed E-state index contributed by atoms with van der Waals surface area (Å²) in [6.45, 7) is 0.205. The average Bonchev–Trinajstić information content (AvgIpc) is 2.27. The van der Waals surface area contributed by atoms with Crippen molar-refractivity contribution < 1.29 is 17.8 Å².